The van der Waals surface area contributed by atoms with Crippen LogP contribution in [0.15, 0.2) is 109 Å². The standard InChI is InChI=1S/C24H20N/c1-4-11-20(12-5-1)19-25-23(21-13-6-2-7-14-21)17-10-18-24(25)22-15-8-3-9-16-22/h1-18H,19H2/q+1. The Hall–Kier alpha value is -3.19. The molecule has 0 aliphatic heterocycles. The van der Waals surface area contributed by atoms with E-state index >= 15 is 0 Å². The Bertz CT molecular complexity index is 887. The summed E-state index contributed by atoms with van der Waals surface area (Å²) in [6, 6.07) is 38.4. The van der Waals surface area contributed by atoms with E-state index < -0.39 is 0 Å². The maximum Gasteiger partial charge on any atom is 0.213 e. The molecule has 1 heteroatoms. The molecule has 0 aliphatic carbocycles. The van der Waals surface area contributed by atoms with Crippen LogP contribution in [0.4, 0.5) is 0 Å². The van der Waals surface area contributed by atoms with Crippen molar-refractivity contribution in [3.8, 4) is 22.5 Å². The van der Waals surface area contributed by atoms with Crippen molar-refractivity contribution in [1.29, 1.82) is 0 Å². The lowest BCUT2D eigenvalue weighted by atomic mass is 10.1. The van der Waals surface area contributed by atoms with Crippen LogP contribution in [-0.2, 0) is 6.54 Å². The van der Waals surface area contributed by atoms with E-state index in [2.05, 4.69) is 114 Å². The fourth-order valence-electron chi connectivity index (χ4n) is 3.20. The van der Waals surface area contributed by atoms with Gasteiger partial charge in [0.1, 0.15) is 0 Å². The number of aromatic nitrogens is 1. The third-order valence-corrected chi connectivity index (χ3v) is 4.41. The molecule has 1 nitrogen and oxygen atoms in total. The molecular formula is C24H20N+. The molecule has 120 valence electrons. The Kier molecular flexibility index (Phi) is 4.38. The van der Waals surface area contributed by atoms with Gasteiger partial charge < -0.3 is 0 Å². The molecule has 0 bridgehead atoms. The van der Waals surface area contributed by atoms with Crippen molar-refractivity contribution in [3.05, 3.63) is 115 Å². The van der Waals surface area contributed by atoms with Crippen LogP contribution in [0.3, 0.4) is 0 Å². The lowest BCUT2D eigenvalue weighted by molar-refractivity contribution is -0.666. The molecule has 4 rings (SSSR count). The minimum atomic E-state index is 0.843. The van der Waals surface area contributed by atoms with Gasteiger partial charge in [0.2, 0.25) is 11.4 Å². The van der Waals surface area contributed by atoms with Crippen LogP contribution >= 0.6 is 0 Å². The van der Waals surface area contributed by atoms with E-state index in [0.29, 0.717) is 0 Å². The zero-order valence-corrected chi connectivity index (χ0v) is 14.0. The Morgan fingerprint density at radius 2 is 0.880 bits per heavy atom. The summed E-state index contributed by atoms with van der Waals surface area (Å²) in [5.74, 6) is 0. The Labute approximate surface area is 148 Å². The fourth-order valence-corrected chi connectivity index (χ4v) is 3.20. The van der Waals surface area contributed by atoms with Crippen LogP contribution < -0.4 is 4.57 Å². The van der Waals surface area contributed by atoms with Crippen molar-refractivity contribution in [2.75, 3.05) is 0 Å². The van der Waals surface area contributed by atoms with Crippen LogP contribution in [0.1, 0.15) is 5.56 Å². The zero-order chi connectivity index (χ0) is 16.9. The fraction of sp³-hybridized carbons (Fsp3) is 0.0417. The highest BCUT2D eigenvalue weighted by Gasteiger charge is 2.19. The maximum atomic E-state index is 2.40. The largest absolute Gasteiger partial charge is 0.213 e. The molecule has 0 atom stereocenters. The highest BCUT2D eigenvalue weighted by molar-refractivity contribution is 5.61. The highest BCUT2D eigenvalue weighted by Crippen LogP contribution is 2.21. The maximum absolute atomic E-state index is 2.40. The summed E-state index contributed by atoms with van der Waals surface area (Å²) in [6.45, 7) is 0.843. The van der Waals surface area contributed by atoms with Crippen molar-refractivity contribution in [3.63, 3.8) is 0 Å². The van der Waals surface area contributed by atoms with Gasteiger partial charge in [-0.3, -0.25) is 0 Å². The first-order valence-electron chi connectivity index (χ1n) is 8.59. The first-order valence-corrected chi connectivity index (χ1v) is 8.59. The monoisotopic (exact) mass is 322 g/mol. The number of hydrogen-bond donors (Lipinski definition) is 0. The van der Waals surface area contributed by atoms with Gasteiger partial charge in [-0.1, -0.05) is 66.7 Å². The van der Waals surface area contributed by atoms with E-state index in [-0.39, 0.29) is 0 Å². The van der Waals surface area contributed by atoms with Gasteiger partial charge in [-0.15, -0.1) is 0 Å². The van der Waals surface area contributed by atoms with Crippen molar-refractivity contribution >= 4 is 0 Å². The summed E-state index contributed by atoms with van der Waals surface area (Å²) in [6.07, 6.45) is 0. The molecular weight excluding hydrogens is 302 g/mol. The normalized spacial score (nSPS) is 10.6. The van der Waals surface area contributed by atoms with Gasteiger partial charge in [-0.05, 0) is 30.3 Å². The second kappa shape index (κ2) is 7.14. The summed E-state index contributed by atoms with van der Waals surface area (Å²) in [7, 11) is 0. The Balaban J connectivity index is 1.90. The van der Waals surface area contributed by atoms with Crippen molar-refractivity contribution < 1.29 is 4.57 Å². The molecule has 1 heterocycles. The zero-order valence-electron chi connectivity index (χ0n) is 14.0. The summed E-state index contributed by atoms with van der Waals surface area (Å²) in [5, 5.41) is 0. The number of nitrogens with zero attached hydrogens (tertiary/aromatic N) is 1. The van der Waals surface area contributed by atoms with Gasteiger partial charge in [0.15, 0.2) is 6.54 Å². The second-order valence-electron chi connectivity index (χ2n) is 6.10. The molecule has 4 aromatic rings. The van der Waals surface area contributed by atoms with Crippen molar-refractivity contribution in [1.82, 2.24) is 0 Å². The van der Waals surface area contributed by atoms with Gasteiger partial charge >= 0.3 is 0 Å². The average molecular weight is 322 g/mol. The molecule has 25 heavy (non-hydrogen) atoms. The average Bonchev–Trinajstić information content (AvgIpc) is 2.70. The molecule has 0 amide bonds. The summed E-state index contributed by atoms with van der Waals surface area (Å²) in [5.41, 5.74) is 6.22. The third kappa shape index (κ3) is 3.36. The number of pyridine rings is 1. The van der Waals surface area contributed by atoms with Gasteiger partial charge in [-0.25, -0.2) is 0 Å². The van der Waals surface area contributed by atoms with E-state index in [9.17, 15) is 0 Å². The molecule has 0 aliphatic rings. The molecule has 0 unspecified atom stereocenters. The van der Waals surface area contributed by atoms with E-state index in [1.165, 1.54) is 28.1 Å². The summed E-state index contributed by atoms with van der Waals surface area (Å²) < 4.78 is 2.40. The van der Waals surface area contributed by atoms with E-state index in [0.717, 1.165) is 6.54 Å². The molecule has 0 radical (unpaired) electrons. The molecule has 0 saturated heterocycles. The Morgan fingerprint density at radius 3 is 1.36 bits per heavy atom. The van der Waals surface area contributed by atoms with E-state index in [1.807, 2.05) is 0 Å². The smallest absolute Gasteiger partial charge is 0.187 e. The van der Waals surface area contributed by atoms with Gasteiger partial charge in [-0.2, -0.15) is 4.57 Å². The molecule has 0 fully saturated rings. The number of hydrogen-bond acceptors (Lipinski definition) is 0. The lowest BCUT2D eigenvalue weighted by Gasteiger charge is -2.10. The quantitative estimate of drug-likeness (QED) is 0.446. The van der Waals surface area contributed by atoms with Crippen LogP contribution in [-0.4, -0.2) is 0 Å². The molecule has 0 saturated carbocycles. The van der Waals surface area contributed by atoms with Crippen molar-refractivity contribution in [2.24, 2.45) is 0 Å². The second-order valence-corrected chi connectivity index (χ2v) is 6.10. The molecule has 0 N–H and O–H groups in total. The lowest BCUT2D eigenvalue weighted by Crippen LogP contribution is -2.39. The molecule has 0 spiro atoms. The Morgan fingerprint density at radius 1 is 0.440 bits per heavy atom. The first-order chi connectivity index (χ1) is 12.4. The first kappa shape index (κ1) is 15.3. The number of rotatable bonds is 4. The topological polar surface area (TPSA) is 3.88 Å². The van der Waals surface area contributed by atoms with Crippen LogP contribution in [0.2, 0.25) is 0 Å². The van der Waals surface area contributed by atoms with Gasteiger partial charge in [0.25, 0.3) is 0 Å². The minimum Gasteiger partial charge on any atom is -0.187 e. The van der Waals surface area contributed by atoms with Crippen LogP contribution in [0.25, 0.3) is 22.5 Å². The number of benzene rings is 3. The van der Waals surface area contributed by atoms with Crippen molar-refractivity contribution in [2.45, 2.75) is 6.54 Å². The third-order valence-electron chi connectivity index (χ3n) is 4.41. The molecule has 1 aromatic heterocycles. The van der Waals surface area contributed by atoms with Crippen LogP contribution in [0.5, 0.6) is 0 Å². The van der Waals surface area contributed by atoms with E-state index in [1.54, 1.807) is 0 Å². The predicted molar refractivity (Wildman–Crippen MR) is 103 cm³/mol. The van der Waals surface area contributed by atoms with E-state index in [4.69, 9.17) is 0 Å². The highest BCUT2D eigenvalue weighted by atomic mass is 15.0. The SMILES string of the molecule is c1ccc(C[n+]2c(-c3ccccc3)cccc2-c2ccccc2)cc1. The molecule has 3 aromatic carbocycles. The van der Waals surface area contributed by atoms with Gasteiger partial charge in [0, 0.05) is 28.8 Å². The summed E-state index contributed by atoms with van der Waals surface area (Å²) in [4.78, 5) is 0. The minimum absolute atomic E-state index is 0.843. The predicted octanol–water partition coefficient (Wildman–Crippen LogP) is 5.36. The van der Waals surface area contributed by atoms with Crippen LogP contribution in [0, 0.1) is 0 Å². The van der Waals surface area contributed by atoms with Gasteiger partial charge in [0.05, 0.1) is 0 Å². The summed E-state index contributed by atoms with van der Waals surface area (Å²) >= 11 is 0.